The predicted octanol–water partition coefficient (Wildman–Crippen LogP) is 2.67. The van der Waals surface area contributed by atoms with Crippen LogP contribution in [0.15, 0.2) is 0 Å². The van der Waals surface area contributed by atoms with Gasteiger partial charge in [0.05, 0.1) is 12.4 Å². The molecule has 0 aromatic carbocycles. The second kappa shape index (κ2) is 13.4. The zero-order chi connectivity index (χ0) is 11.4. The topological polar surface area (TPSA) is 37.3 Å². The second-order valence-corrected chi connectivity index (χ2v) is 8.41. The smallest absolute Gasteiger partial charge is 0.199 e. The molecule has 0 radical (unpaired) electrons. The maximum atomic E-state index is 11.3. The van der Waals surface area contributed by atoms with Crippen LogP contribution in [0.5, 0.6) is 0 Å². The van der Waals surface area contributed by atoms with Gasteiger partial charge in [0.25, 0.3) is 0 Å². The zero-order valence-electron chi connectivity index (χ0n) is 8.64. The summed E-state index contributed by atoms with van der Waals surface area (Å²) in [5, 5.41) is 11.6. The molecule has 15 heavy (non-hydrogen) atoms. The van der Waals surface area contributed by atoms with E-state index in [1.54, 1.807) is 23.5 Å². The number of aliphatic hydroxyl groups is 1. The molecule has 0 spiro atoms. The van der Waals surface area contributed by atoms with Gasteiger partial charge in [-0.15, -0.1) is 35.3 Å². The van der Waals surface area contributed by atoms with Crippen LogP contribution in [0.3, 0.4) is 0 Å². The fourth-order valence-electron chi connectivity index (χ4n) is 0.574. The van der Waals surface area contributed by atoms with Gasteiger partial charge in [0.2, 0.25) is 0 Å². The molecule has 7 heteroatoms. The van der Waals surface area contributed by atoms with Gasteiger partial charge in [0, 0.05) is 21.0 Å². The molecule has 0 heterocycles. The first-order valence-corrected chi connectivity index (χ1v) is 10.1. The van der Waals surface area contributed by atoms with Gasteiger partial charge in [-0.1, -0.05) is 11.8 Å². The van der Waals surface area contributed by atoms with Crippen molar-refractivity contribution in [1.29, 1.82) is 0 Å². The first-order valence-electron chi connectivity index (χ1n) is 4.30. The van der Waals surface area contributed by atoms with Gasteiger partial charge >= 0.3 is 0 Å². The van der Waals surface area contributed by atoms with Crippen molar-refractivity contribution in [2.45, 2.75) is 0 Å². The van der Waals surface area contributed by atoms with Gasteiger partial charge in [-0.05, 0) is 6.26 Å². The lowest BCUT2D eigenvalue weighted by atomic mass is 10.9. The van der Waals surface area contributed by atoms with E-state index in [-0.39, 0.29) is 11.7 Å². The van der Waals surface area contributed by atoms with Gasteiger partial charge in [-0.2, -0.15) is 11.8 Å². The molecular weight excluding hydrogens is 288 g/mol. The Labute approximate surface area is 113 Å². The summed E-state index contributed by atoms with van der Waals surface area (Å²) < 4.78 is 0. The van der Waals surface area contributed by atoms with Crippen molar-refractivity contribution in [3.63, 3.8) is 0 Å². The van der Waals surface area contributed by atoms with E-state index in [1.165, 1.54) is 11.8 Å². The summed E-state index contributed by atoms with van der Waals surface area (Å²) in [7, 11) is 0. The lowest BCUT2D eigenvalue weighted by Gasteiger charge is -2.00. The SMILES string of the molecule is CSCSCSCC(=O)SCSCCO. The van der Waals surface area contributed by atoms with Gasteiger partial charge in [0.1, 0.15) is 0 Å². The Morgan fingerprint density at radius 3 is 2.60 bits per heavy atom. The maximum Gasteiger partial charge on any atom is 0.199 e. The van der Waals surface area contributed by atoms with E-state index in [1.807, 2.05) is 23.5 Å². The fraction of sp³-hybridized carbons (Fsp3) is 0.875. The maximum absolute atomic E-state index is 11.3. The molecule has 0 saturated carbocycles. The molecule has 0 amide bonds. The van der Waals surface area contributed by atoms with Crippen LogP contribution < -0.4 is 0 Å². The molecule has 0 aromatic heterocycles. The average molecular weight is 305 g/mol. The minimum Gasteiger partial charge on any atom is -0.396 e. The van der Waals surface area contributed by atoms with Crippen LogP contribution in [0, 0.1) is 0 Å². The Hall–Kier alpha value is 1.38. The van der Waals surface area contributed by atoms with Crippen LogP contribution in [0.2, 0.25) is 0 Å². The molecule has 0 unspecified atom stereocenters. The third-order valence-electron chi connectivity index (χ3n) is 1.13. The second-order valence-electron chi connectivity index (χ2n) is 2.34. The first-order chi connectivity index (χ1) is 7.31. The molecule has 90 valence electrons. The summed E-state index contributed by atoms with van der Waals surface area (Å²) in [6.45, 7) is 0.194. The van der Waals surface area contributed by atoms with E-state index in [4.69, 9.17) is 5.11 Å². The van der Waals surface area contributed by atoms with E-state index in [0.717, 1.165) is 21.0 Å². The molecule has 0 aromatic rings. The molecule has 0 aliphatic heterocycles. The molecule has 0 aliphatic carbocycles. The van der Waals surface area contributed by atoms with E-state index in [9.17, 15) is 4.79 Å². The number of carbonyl (C=O) groups is 1. The molecule has 1 N–H and O–H groups in total. The third-order valence-corrected chi connectivity index (χ3v) is 6.79. The summed E-state index contributed by atoms with van der Waals surface area (Å²) >= 11 is 8.31. The molecule has 0 bridgehead atoms. The number of hydrogen-bond donors (Lipinski definition) is 1. The molecule has 0 atom stereocenters. The van der Waals surface area contributed by atoms with E-state index >= 15 is 0 Å². The van der Waals surface area contributed by atoms with Crippen molar-refractivity contribution < 1.29 is 9.90 Å². The average Bonchev–Trinajstić information content (AvgIpc) is 2.24. The lowest BCUT2D eigenvalue weighted by molar-refractivity contribution is -0.108. The van der Waals surface area contributed by atoms with Crippen molar-refractivity contribution in [3.05, 3.63) is 0 Å². The van der Waals surface area contributed by atoms with Gasteiger partial charge in [-0.25, -0.2) is 0 Å². The third kappa shape index (κ3) is 13.3. The fourth-order valence-corrected chi connectivity index (χ4v) is 5.14. The molecule has 2 nitrogen and oxygen atoms in total. The quantitative estimate of drug-likeness (QED) is 0.491. The highest BCUT2D eigenvalue weighted by Gasteiger charge is 2.02. The van der Waals surface area contributed by atoms with Crippen LogP contribution in [0.1, 0.15) is 0 Å². The Morgan fingerprint density at radius 1 is 1.13 bits per heavy atom. The van der Waals surface area contributed by atoms with Crippen molar-refractivity contribution in [1.82, 2.24) is 0 Å². The Balaban J connectivity index is 3.11. The minimum absolute atomic E-state index is 0.194. The van der Waals surface area contributed by atoms with Crippen molar-refractivity contribution in [3.8, 4) is 0 Å². The van der Waals surface area contributed by atoms with Crippen LogP contribution in [-0.4, -0.2) is 49.8 Å². The van der Waals surface area contributed by atoms with Crippen LogP contribution in [0.4, 0.5) is 0 Å². The summed E-state index contributed by atoms with van der Waals surface area (Å²) in [6, 6.07) is 0. The lowest BCUT2D eigenvalue weighted by Crippen LogP contribution is -1.97. The Bertz CT molecular complexity index is 156. The summed E-state index contributed by atoms with van der Waals surface area (Å²) in [5.74, 6) is 1.32. The summed E-state index contributed by atoms with van der Waals surface area (Å²) in [5.41, 5.74) is 0. The van der Waals surface area contributed by atoms with Crippen LogP contribution in [0.25, 0.3) is 0 Å². The highest BCUT2D eigenvalue weighted by atomic mass is 32.2. The minimum atomic E-state index is 0.194. The largest absolute Gasteiger partial charge is 0.396 e. The number of aliphatic hydroxyl groups excluding tert-OH is 1. The number of rotatable bonds is 10. The zero-order valence-corrected chi connectivity index (χ0v) is 12.7. The first kappa shape index (κ1) is 16.4. The number of thioether (sulfide) groups is 5. The standard InChI is InChI=1S/C8H16O2S5/c1-11-5-14-6-13-4-8(10)15-7-12-3-2-9/h9H,2-7H2,1H3. The van der Waals surface area contributed by atoms with Crippen molar-refractivity contribution in [2.24, 2.45) is 0 Å². The highest BCUT2D eigenvalue weighted by Crippen LogP contribution is 2.19. The summed E-state index contributed by atoms with van der Waals surface area (Å²) in [6.07, 6.45) is 2.08. The molecular formula is C8H16O2S5. The number of carbonyl (C=O) groups excluding carboxylic acids is 1. The summed E-state index contributed by atoms with van der Waals surface area (Å²) in [4.78, 5) is 11.3. The van der Waals surface area contributed by atoms with E-state index in [2.05, 4.69) is 6.26 Å². The van der Waals surface area contributed by atoms with E-state index < -0.39 is 0 Å². The van der Waals surface area contributed by atoms with Crippen molar-refractivity contribution in [2.75, 3.05) is 39.6 Å². The molecule has 0 saturated heterocycles. The Kier molecular flexibility index (Phi) is 14.7. The Morgan fingerprint density at radius 2 is 1.93 bits per heavy atom. The van der Waals surface area contributed by atoms with Gasteiger partial charge < -0.3 is 5.11 Å². The molecule has 0 aliphatic rings. The number of hydrogen-bond acceptors (Lipinski definition) is 7. The van der Waals surface area contributed by atoms with Gasteiger partial charge in [-0.3, -0.25) is 4.79 Å². The monoisotopic (exact) mass is 304 g/mol. The highest BCUT2D eigenvalue weighted by molar-refractivity contribution is 8.26. The molecule has 0 fully saturated rings. The van der Waals surface area contributed by atoms with Gasteiger partial charge in [0.15, 0.2) is 5.12 Å². The predicted molar refractivity (Wildman–Crippen MR) is 80.3 cm³/mol. The molecule has 0 rings (SSSR count). The van der Waals surface area contributed by atoms with Crippen molar-refractivity contribution >= 4 is 63.9 Å². The van der Waals surface area contributed by atoms with E-state index in [0.29, 0.717) is 5.75 Å². The van der Waals surface area contributed by atoms with Crippen LogP contribution >= 0.6 is 58.8 Å². The van der Waals surface area contributed by atoms with Crippen LogP contribution in [-0.2, 0) is 4.79 Å². The normalized spacial score (nSPS) is 10.5.